The van der Waals surface area contributed by atoms with Crippen molar-refractivity contribution in [1.29, 1.82) is 0 Å². The van der Waals surface area contributed by atoms with E-state index in [9.17, 15) is 13.2 Å². The van der Waals surface area contributed by atoms with E-state index in [0.29, 0.717) is 16.7 Å². The van der Waals surface area contributed by atoms with Crippen molar-refractivity contribution in [1.82, 2.24) is 9.38 Å². The molecule has 2 heterocycles. The number of pyridine rings is 1. The molecule has 3 rings (SSSR count). The molecule has 0 fully saturated rings. The number of benzene rings is 1. The molecule has 98 valence electrons. The van der Waals surface area contributed by atoms with E-state index in [4.69, 9.17) is 0 Å². The molecule has 0 radical (unpaired) electrons. The minimum Gasteiger partial charge on any atom is -0.299 e. The highest BCUT2D eigenvalue weighted by Crippen LogP contribution is 2.31. The second-order valence-electron chi connectivity index (χ2n) is 4.71. The first-order chi connectivity index (χ1) is 8.86. The van der Waals surface area contributed by atoms with Crippen molar-refractivity contribution in [2.24, 2.45) is 0 Å². The van der Waals surface area contributed by atoms with Crippen LogP contribution >= 0.6 is 0 Å². The van der Waals surface area contributed by atoms with Crippen molar-refractivity contribution in [3.8, 4) is 0 Å². The zero-order valence-electron chi connectivity index (χ0n) is 10.4. The van der Waals surface area contributed by atoms with Gasteiger partial charge in [-0.3, -0.25) is 4.40 Å². The van der Waals surface area contributed by atoms with Crippen molar-refractivity contribution < 1.29 is 13.2 Å². The summed E-state index contributed by atoms with van der Waals surface area (Å²) < 4.78 is 39.9. The second kappa shape index (κ2) is 3.73. The van der Waals surface area contributed by atoms with Crippen LogP contribution in [-0.4, -0.2) is 9.38 Å². The molecule has 2 aromatic heterocycles. The molecule has 0 aliphatic carbocycles. The maximum Gasteiger partial charge on any atom is 0.416 e. The normalized spacial score (nSPS) is 12.5. The van der Waals surface area contributed by atoms with E-state index in [0.717, 1.165) is 23.3 Å². The van der Waals surface area contributed by atoms with Crippen LogP contribution in [0.15, 0.2) is 30.5 Å². The van der Waals surface area contributed by atoms with E-state index >= 15 is 0 Å². The molecule has 0 amide bonds. The molecule has 0 unspecified atom stereocenters. The lowest BCUT2D eigenvalue weighted by Crippen LogP contribution is -2.04. The van der Waals surface area contributed by atoms with Crippen molar-refractivity contribution >= 4 is 16.7 Å². The van der Waals surface area contributed by atoms with Crippen LogP contribution in [0.1, 0.15) is 16.7 Å². The minimum atomic E-state index is -4.34. The SMILES string of the molecule is Cc1cc(C)c2nc3cc(C(F)(F)F)ccc3n2c1. The Hall–Kier alpha value is -2.04. The van der Waals surface area contributed by atoms with Crippen molar-refractivity contribution in [3.63, 3.8) is 0 Å². The minimum absolute atomic E-state index is 0.364. The molecular formula is C14H11F3N2. The highest BCUT2D eigenvalue weighted by molar-refractivity contribution is 5.82. The molecule has 2 nitrogen and oxygen atoms in total. The van der Waals surface area contributed by atoms with Gasteiger partial charge in [-0.25, -0.2) is 4.98 Å². The molecular weight excluding hydrogens is 253 g/mol. The fourth-order valence-corrected chi connectivity index (χ4v) is 2.33. The van der Waals surface area contributed by atoms with Crippen LogP contribution in [0.2, 0.25) is 0 Å². The number of imidazole rings is 1. The Morgan fingerprint density at radius 1 is 1.11 bits per heavy atom. The predicted molar refractivity (Wildman–Crippen MR) is 67.2 cm³/mol. The molecule has 19 heavy (non-hydrogen) atoms. The largest absolute Gasteiger partial charge is 0.416 e. The third kappa shape index (κ3) is 1.85. The number of nitrogens with zero attached hydrogens (tertiary/aromatic N) is 2. The van der Waals surface area contributed by atoms with E-state index in [1.165, 1.54) is 6.07 Å². The number of rotatable bonds is 0. The lowest BCUT2D eigenvalue weighted by atomic mass is 10.2. The monoisotopic (exact) mass is 264 g/mol. The van der Waals surface area contributed by atoms with Crippen LogP contribution in [0, 0.1) is 13.8 Å². The molecule has 5 heteroatoms. The number of fused-ring (bicyclic) bond motifs is 3. The topological polar surface area (TPSA) is 17.3 Å². The zero-order valence-corrected chi connectivity index (χ0v) is 10.4. The summed E-state index contributed by atoms with van der Waals surface area (Å²) in [6.45, 7) is 3.85. The molecule has 0 atom stereocenters. The van der Waals surface area contributed by atoms with Gasteiger partial charge in [0.2, 0.25) is 0 Å². The Balaban J connectivity index is 2.38. The highest BCUT2D eigenvalue weighted by Gasteiger charge is 2.30. The summed E-state index contributed by atoms with van der Waals surface area (Å²) >= 11 is 0. The Kier molecular flexibility index (Phi) is 2.36. The van der Waals surface area contributed by atoms with E-state index in [1.54, 1.807) is 0 Å². The maximum atomic E-state index is 12.7. The summed E-state index contributed by atoms with van der Waals surface area (Å²) in [6, 6.07) is 5.62. The number of hydrogen-bond donors (Lipinski definition) is 0. The van der Waals surface area contributed by atoms with Gasteiger partial charge in [0, 0.05) is 6.20 Å². The second-order valence-corrected chi connectivity index (χ2v) is 4.71. The zero-order chi connectivity index (χ0) is 13.8. The third-order valence-electron chi connectivity index (χ3n) is 3.15. The van der Waals surface area contributed by atoms with Crippen molar-refractivity contribution in [2.75, 3.05) is 0 Å². The smallest absolute Gasteiger partial charge is 0.299 e. The van der Waals surface area contributed by atoms with Gasteiger partial charge in [-0.1, -0.05) is 6.07 Å². The number of aromatic nitrogens is 2. The molecule has 0 aliphatic heterocycles. The van der Waals surface area contributed by atoms with Gasteiger partial charge >= 0.3 is 6.18 Å². The molecule has 0 saturated carbocycles. The van der Waals surface area contributed by atoms with Gasteiger partial charge in [-0.2, -0.15) is 13.2 Å². The fourth-order valence-electron chi connectivity index (χ4n) is 2.33. The summed E-state index contributed by atoms with van der Waals surface area (Å²) in [6.07, 6.45) is -2.46. The summed E-state index contributed by atoms with van der Waals surface area (Å²) in [7, 11) is 0. The first kappa shape index (κ1) is 12.0. The molecule has 0 bridgehead atoms. The van der Waals surface area contributed by atoms with Crippen LogP contribution in [0.4, 0.5) is 13.2 Å². The summed E-state index contributed by atoms with van der Waals surface area (Å²) in [4.78, 5) is 4.29. The Morgan fingerprint density at radius 2 is 1.84 bits per heavy atom. The lowest BCUT2D eigenvalue weighted by Gasteiger charge is -2.05. The van der Waals surface area contributed by atoms with Gasteiger partial charge < -0.3 is 0 Å². The van der Waals surface area contributed by atoms with E-state index in [-0.39, 0.29) is 0 Å². The summed E-state index contributed by atoms with van der Waals surface area (Å²) in [5.41, 5.74) is 3.07. The van der Waals surface area contributed by atoms with Crippen molar-refractivity contribution in [2.45, 2.75) is 20.0 Å². The predicted octanol–water partition coefficient (Wildman–Crippen LogP) is 4.12. The van der Waals surface area contributed by atoms with Crippen LogP contribution in [0.3, 0.4) is 0 Å². The summed E-state index contributed by atoms with van der Waals surface area (Å²) in [5, 5.41) is 0. The van der Waals surface area contributed by atoms with Gasteiger partial charge in [0.05, 0.1) is 16.6 Å². The first-order valence-corrected chi connectivity index (χ1v) is 5.82. The standard InChI is InChI=1S/C14H11F3N2/c1-8-5-9(2)13-18-11-6-10(14(15,16)17)3-4-12(11)19(13)7-8/h3-7H,1-2H3. The van der Waals surface area contributed by atoms with Gasteiger partial charge in [-0.15, -0.1) is 0 Å². The van der Waals surface area contributed by atoms with Crippen LogP contribution in [0.25, 0.3) is 16.7 Å². The van der Waals surface area contributed by atoms with Crippen LogP contribution < -0.4 is 0 Å². The fraction of sp³-hybridized carbons (Fsp3) is 0.214. The molecule has 0 N–H and O–H groups in total. The molecule has 3 aromatic rings. The van der Waals surface area contributed by atoms with Crippen LogP contribution in [0.5, 0.6) is 0 Å². The third-order valence-corrected chi connectivity index (χ3v) is 3.15. The van der Waals surface area contributed by atoms with Gasteiger partial charge in [0.25, 0.3) is 0 Å². The van der Waals surface area contributed by atoms with E-state index < -0.39 is 11.7 Å². The lowest BCUT2D eigenvalue weighted by molar-refractivity contribution is -0.137. The van der Waals surface area contributed by atoms with E-state index in [1.807, 2.05) is 30.5 Å². The first-order valence-electron chi connectivity index (χ1n) is 5.82. The number of hydrogen-bond acceptors (Lipinski definition) is 1. The highest BCUT2D eigenvalue weighted by atomic mass is 19.4. The van der Waals surface area contributed by atoms with E-state index in [2.05, 4.69) is 4.98 Å². The Labute approximate surface area is 107 Å². The number of halogens is 3. The molecule has 0 spiro atoms. The van der Waals surface area contributed by atoms with Crippen molar-refractivity contribution in [3.05, 3.63) is 47.2 Å². The van der Waals surface area contributed by atoms with Crippen LogP contribution in [-0.2, 0) is 6.18 Å². The van der Waals surface area contributed by atoms with Gasteiger partial charge in [0.15, 0.2) is 0 Å². The summed E-state index contributed by atoms with van der Waals surface area (Å²) in [5.74, 6) is 0. The Morgan fingerprint density at radius 3 is 2.53 bits per heavy atom. The number of alkyl halides is 3. The average molecular weight is 264 g/mol. The maximum absolute atomic E-state index is 12.7. The molecule has 0 saturated heterocycles. The van der Waals surface area contributed by atoms with Gasteiger partial charge in [0.1, 0.15) is 5.65 Å². The number of aryl methyl sites for hydroxylation is 2. The molecule has 0 aliphatic rings. The van der Waals surface area contributed by atoms with Gasteiger partial charge in [-0.05, 0) is 43.2 Å². The molecule has 1 aromatic carbocycles. The Bertz CT molecular complexity index is 785. The quantitative estimate of drug-likeness (QED) is 0.597. The average Bonchev–Trinajstić information content (AvgIpc) is 2.66.